The largest absolute Gasteiger partial charge is 0.0622 e. The Labute approximate surface area is 387 Å². The summed E-state index contributed by atoms with van der Waals surface area (Å²) in [5, 5.41) is 4.83. The Morgan fingerprint density at radius 1 is 0.182 bits per heavy atom. The first-order chi connectivity index (χ1) is 32.7. The third-order valence-electron chi connectivity index (χ3n) is 12.8. The summed E-state index contributed by atoms with van der Waals surface area (Å²) in [5.41, 5.74) is 19.0. The standard InChI is InChI=1S/C66H46/c1-5-17-47(18-6-1)51-29-37-55(38-30-51)63(56-39-31-52(32-40-56)48-19-7-2-8-20-48)45-65-59-25-13-15-27-61(59)66(62-28-16-14-26-60(62)65)46-64(57-41-33-53(34-42-57)49-21-9-3-10-22-49)58-43-35-54(36-44-58)50-23-11-4-12-24-50/h1-46H. The molecule has 66 heavy (non-hydrogen) atoms. The van der Waals surface area contributed by atoms with E-state index < -0.39 is 0 Å². The number of hydrogen-bond acceptors (Lipinski definition) is 0. The van der Waals surface area contributed by atoms with E-state index in [0.29, 0.717) is 0 Å². The molecule has 0 radical (unpaired) electrons. The first kappa shape index (κ1) is 40.2. The Hall–Kier alpha value is -8.58. The van der Waals surface area contributed by atoms with Gasteiger partial charge in [-0.15, -0.1) is 0 Å². The van der Waals surface area contributed by atoms with Gasteiger partial charge in [-0.2, -0.15) is 0 Å². The van der Waals surface area contributed by atoms with Gasteiger partial charge in [0, 0.05) is 0 Å². The molecule has 11 aromatic rings. The normalized spacial score (nSPS) is 11.0. The Morgan fingerprint density at radius 2 is 0.364 bits per heavy atom. The molecule has 0 saturated carbocycles. The molecule has 0 heteroatoms. The fourth-order valence-electron chi connectivity index (χ4n) is 9.35. The summed E-state index contributed by atoms with van der Waals surface area (Å²) in [6.07, 6.45) is 4.86. The lowest BCUT2D eigenvalue weighted by atomic mass is 9.86. The summed E-state index contributed by atoms with van der Waals surface area (Å²) in [4.78, 5) is 0. The minimum Gasteiger partial charge on any atom is -0.0622 e. The van der Waals surface area contributed by atoms with Crippen molar-refractivity contribution >= 4 is 44.8 Å². The van der Waals surface area contributed by atoms with E-state index in [4.69, 9.17) is 0 Å². The average Bonchev–Trinajstić information content (AvgIpc) is 3.41. The van der Waals surface area contributed by atoms with Crippen LogP contribution in [0.4, 0.5) is 0 Å². The van der Waals surface area contributed by atoms with Crippen LogP contribution in [0.5, 0.6) is 0 Å². The molecule has 0 aromatic heterocycles. The van der Waals surface area contributed by atoms with Gasteiger partial charge in [0.15, 0.2) is 0 Å². The Kier molecular flexibility index (Phi) is 11.1. The summed E-state index contributed by atoms with van der Waals surface area (Å²) in [7, 11) is 0. The first-order valence-electron chi connectivity index (χ1n) is 22.7. The zero-order chi connectivity index (χ0) is 44.1. The molecule has 0 N–H and O–H groups in total. The van der Waals surface area contributed by atoms with Crippen LogP contribution >= 0.6 is 0 Å². The van der Waals surface area contributed by atoms with Crippen LogP contribution in [0.25, 0.3) is 89.4 Å². The molecule has 11 rings (SSSR count). The quantitative estimate of drug-likeness (QED) is 0.0951. The summed E-state index contributed by atoms with van der Waals surface area (Å²) < 4.78 is 0. The van der Waals surface area contributed by atoms with Gasteiger partial charge in [0.25, 0.3) is 0 Å². The minimum absolute atomic E-state index is 1.17. The van der Waals surface area contributed by atoms with Gasteiger partial charge in [0.2, 0.25) is 0 Å². The maximum Gasteiger partial charge on any atom is -0.00926 e. The van der Waals surface area contributed by atoms with E-state index in [1.165, 1.54) is 111 Å². The lowest BCUT2D eigenvalue weighted by Crippen LogP contribution is -1.94. The molecule has 0 atom stereocenters. The zero-order valence-electron chi connectivity index (χ0n) is 36.6. The first-order valence-corrected chi connectivity index (χ1v) is 22.7. The van der Waals surface area contributed by atoms with Gasteiger partial charge in [-0.25, -0.2) is 0 Å². The minimum atomic E-state index is 1.17. The number of hydrogen-bond donors (Lipinski definition) is 0. The number of benzene rings is 11. The van der Waals surface area contributed by atoms with Crippen LogP contribution in [0.2, 0.25) is 0 Å². The van der Waals surface area contributed by atoms with Crippen molar-refractivity contribution in [1.82, 2.24) is 0 Å². The lowest BCUT2D eigenvalue weighted by Gasteiger charge is -2.18. The van der Waals surface area contributed by atoms with Crippen molar-refractivity contribution in [3.8, 4) is 44.5 Å². The molecule has 0 amide bonds. The Balaban J connectivity index is 1.10. The maximum atomic E-state index is 2.43. The van der Waals surface area contributed by atoms with Gasteiger partial charge in [0.05, 0.1) is 0 Å². The summed E-state index contributed by atoms with van der Waals surface area (Å²) in [6.45, 7) is 0. The van der Waals surface area contributed by atoms with Crippen LogP contribution < -0.4 is 0 Å². The zero-order valence-corrected chi connectivity index (χ0v) is 36.6. The van der Waals surface area contributed by atoms with E-state index in [0.717, 1.165) is 0 Å². The maximum absolute atomic E-state index is 2.43. The van der Waals surface area contributed by atoms with Crippen LogP contribution in [0, 0.1) is 0 Å². The Morgan fingerprint density at radius 3 is 0.576 bits per heavy atom. The van der Waals surface area contributed by atoms with Crippen molar-refractivity contribution in [3.05, 3.63) is 300 Å². The molecule has 0 aliphatic carbocycles. The van der Waals surface area contributed by atoms with Crippen LogP contribution in [0.1, 0.15) is 33.4 Å². The fraction of sp³-hybridized carbons (Fsp3) is 0. The van der Waals surface area contributed by atoms with Crippen LogP contribution in [-0.4, -0.2) is 0 Å². The van der Waals surface area contributed by atoms with Gasteiger partial charge in [-0.1, -0.05) is 267 Å². The van der Waals surface area contributed by atoms with Crippen molar-refractivity contribution in [2.24, 2.45) is 0 Å². The molecule has 0 fully saturated rings. The molecule has 0 aliphatic rings. The van der Waals surface area contributed by atoms with Crippen molar-refractivity contribution in [3.63, 3.8) is 0 Å². The van der Waals surface area contributed by atoms with Gasteiger partial charge in [0.1, 0.15) is 0 Å². The predicted molar refractivity (Wildman–Crippen MR) is 283 cm³/mol. The van der Waals surface area contributed by atoms with Crippen LogP contribution in [0.15, 0.2) is 267 Å². The van der Waals surface area contributed by atoms with Crippen LogP contribution in [0.3, 0.4) is 0 Å². The van der Waals surface area contributed by atoms with E-state index in [2.05, 4.69) is 279 Å². The molecule has 0 spiro atoms. The second-order valence-electron chi connectivity index (χ2n) is 16.8. The SMILES string of the molecule is C(=C(c1ccc(-c2ccccc2)cc1)c1ccc(-c2ccccc2)cc1)c1c2ccccc2c(C=C(c2ccc(-c3ccccc3)cc2)c2ccc(-c3ccccc3)cc2)c2ccccc12. The van der Waals surface area contributed by atoms with E-state index in [1.54, 1.807) is 0 Å². The molecule has 11 aromatic carbocycles. The van der Waals surface area contributed by atoms with E-state index in [-0.39, 0.29) is 0 Å². The predicted octanol–water partition coefficient (Wildman–Crippen LogP) is 17.8. The highest BCUT2D eigenvalue weighted by Gasteiger charge is 2.17. The van der Waals surface area contributed by atoms with Gasteiger partial charge < -0.3 is 0 Å². The topological polar surface area (TPSA) is 0 Å². The van der Waals surface area contributed by atoms with Crippen molar-refractivity contribution in [2.75, 3.05) is 0 Å². The van der Waals surface area contributed by atoms with Gasteiger partial charge >= 0.3 is 0 Å². The number of rotatable bonds is 10. The van der Waals surface area contributed by atoms with Crippen molar-refractivity contribution in [1.29, 1.82) is 0 Å². The fourth-order valence-corrected chi connectivity index (χ4v) is 9.35. The highest BCUT2D eigenvalue weighted by atomic mass is 14.2. The second-order valence-corrected chi connectivity index (χ2v) is 16.8. The molecule has 0 heterocycles. The third-order valence-corrected chi connectivity index (χ3v) is 12.8. The van der Waals surface area contributed by atoms with E-state index >= 15 is 0 Å². The monoisotopic (exact) mass is 838 g/mol. The highest BCUT2D eigenvalue weighted by Crippen LogP contribution is 2.40. The smallest absolute Gasteiger partial charge is 0.00926 e. The van der Waals surface area contributed by atoms with Gasteiger partial charge in [-0.3, -0.25) is 0 Å². The Bertz CT molecular complexity index is 3010. The average molecular weight is 839 g/mol. The molecular formula is C66H46. The highest BCUT2D eigenvalue weighted by molar-refractivity contribution is 6.17. The third kappa shape index (κ3) is 8.21. The van der Waals surface area contributed by atoms with E-state index in [1.807, 2.05) is 0 Å². The molecular weight excluding hydrogens is 793 g/mol. The molecule has 0 saturated heterocycles. The molecule has 0 bridgehead atoms. The summed E-state index contributed by atoms with van der Waals surface area (Å²) in [6, 6.07) is 96.6. The van der Waals surface area contributed by atoms with Crippen molar-refractivity contribution in [2.45, 2.75) is 0 Å². The molecule has 0 nitrogen and oxygen atoms in total. The summed E-state index contributed by atoms with van der Waals surface area (Å²) in [5.74, 6) is 0. The molecule has 0 unspecified atom stereocenters. The molecule has 310 valence electrons. The second kappa shape index (κ2) is 18.3. The lowest BCUT2D eigenvalue weighted by molar-refractivity contribution is 1.53. The van der Waals surface area contributed by atoms with Gasteiger partial charge in [-0.05, 0) is 123 Å². The van der Waals surface area contributed by atoms with Crippen molar-refractivity contribution < 1.29 is 0 Å². The van der Waals surface area contributed by atoms with Crippen LogP contribution in [-0.2, 0) is 0 Å². The number of fused-ring (bicyclic) bond motifs is 2. The van der Waals surface area contributed by atoms with E-state index in [9.17, 15) is 0 Å². The summed E-state index contributed by atoms with van der Waals surface area (Å²) >= 11 is 0. The molecule has 0 aliphatic heterocycles.